The van der Waals surface area contributed by atoms with Crippen LogP contribution >= 0.6 is 58.5 Å². The van der Waals surface area contributed by atoms with E-state index in [1.165, 1.54) is 60.8 Å². The SMILES string of the molecule is C.C.C.CSc1cnc(C[C@H]2CC[C@H](Cc3cc(-n4ccccc4=O)ccn3)C2)nc1.CSc1cnc(C[C@H]2CC[C@H](N)C2)nc1.Cl.Fc1cc(I)ccn1.O=C1C=CC=CC1.O=c1ccccn1-c1ccnc(F)c1. The molecule has 19 heteroatoms. The van der Waals surface area contributed by atoms with Crippen molar-refractivity contribution < 1.29 is 13.6 Å². The highest BCUT2D eigenvalue weighted by molar-refractivity contribution is 14.1. The summed E-state index contributed by atoms with van der Waals surface area (Å²) in [6.07, 6.45) is 37.4. The molecule has 7 aromatic rings. The smallest absolute Gasteiger partial charge is 0.255 e. The van der Waals surface area contributed by atoms with E-state index >= 15 is 0 Å². The number of carbonyl (C=O) groups is 1. The van der Waals surface area contributed by atoms with Crippen LogP contribution in [0, 0.1) is 33.2 Å². The number of pyridine rings is 5. The second kappa shape index (κ2) is 35.5. The van der Waals surface area contributed by atoms with Gasteiger partial charge in [-0.15, -0.1) is 35.9 Å². The number of ketones is 1. The first-order valence-electron chi connectivity index (χ1n) is 23.5. The third-order valence-corrected chi connectivity index (χ3v) is 13.8. The average Bonchev–Trinajstić information content (AvgIpc) is 4.02. The minimum absolute atomic E-state index is 0. The van der Waals surface area contributed by atoms with Gasteiger partial charge in [-0.2, -0.15) is 8.78 Å². The highest BCUT2D eigenvalue weighted by atomic mass is 127. The van der Waals surface area contributed by atoms with Crippen molar-refractivity contribution in [3.05, 3.63) is 206 Å². The lowest BCUT2D eigenvalue weighted by atomic mass is 9.97. The second-order valence-corrected chi connectivity index (χ2v) is 20.1. The standard InChI is InChI=1S/C22H24N4OS.C11H17N3S.C10H7FN2O.C6H6O.C5H3FIN.3CH4.ClH/c1-28-20-14-24-21(25-15-20)12-17-6-5-16(10-17)11-18-13-19(7-8-23-18)26-9-3-2-4-22(26)27;1-15-10-6-13-11(14-7-10)5-8-2-3-9(12)4-8;11-9-7-8(4-5-12-9)13-6-2-1-3-10(13)14;7-6-4-2-1-3-5-6;6-5-3-4(7)1-2-8-5;;;;/h2-4,7-9,13-17H,5-6,10-12H2,1H3;6-9H,2-5,12H2,1H3;1-7H;1-4H,5H2;1-3H;3*1H4;1H/t16-,17-;8-,9-;;;;;;;/m00......./s1. The van der Waals surface area contributed by atoms with E-state index in [0.717, 1.165) is 68.5 Å². The first-order chi connectivity index (χ1) is 34.9. The monoisotopic (exact) mass is 1210 g/mol. The van der Waals surface area contributed by atoms with E-state index in [9.17, 15) is 23.2 Å². The molecule has 7 aromatic heterocycles. The summed E-state index contributed by atoms with van der Waals surface area (Å²) in [4.78, 5) is 65.0. The van der Waals surface area contributed by atoms with Gasteiger partial charge in [0.1, 0.15) is 11.6 Å². The molecule has 0 saturated heterocycles. The molecule has 0 unspecified atom stereocenters. The van der Waals surface area contributed by atoms with Gasteiger partial charge in [0, 0.05) is 124 Å². The second-order valence-electron chi connectivity index (χ2n) is 17.1. The Morgan fingerprint density at radius 1 is 0.605 bits per heavy atom. The molecule has 76 heavy (non-hydrogen) atoms. The quantitative estimate of drug-likeness (QED) is 0.0778. The summed E-state index contributed by atoms with van der Waals surface area (Å²) < 4.78 is 28.7. The lowest BCUT2D eigenvalue weighted by molar-refractivity contribution is -0.113. The topological polar surface area (TPSA) is 177 Å². The number of hydrogen-bond acceptors (Lipinski definition) is 13. The van der Waals surface area contributed by atoms with Crippen molar-refractivity contribution in [2.45, 2.75) is 102 Å². The van der Waals surface area contributed by atoms with Crippen LogP contribution in [0.1, 0.15) is 84.6 Å². The van der Waals surface area contributed by atoms with E-state index in [1.807, 2.05) is 90.2 Å². The van der Waals surface area contributed by atoms with Crippen LogP contribution in [0.4, 0.5) is 8.78 Å². The molecule has 2 fully saturated rings. The summed E-state index contributed by atoms with van der Waals surface area (Å²) in [6.45, 7) is 0. The molecular formula is C57H70ClF2IN10O3S2. The van der Waals surface area contributed by atoms with Crippen molar-refractivity contribution in [2.75, 3.05) is 12.5 Å². The van der Waals surface area contributed by atoms with E-state index < -0.39 is 11.9 Å². The van der Waals surface area contributed by atoms with Crippen LogP contribution in [0.5, 0.6) is 0 Å². The van der Waals surface area contributed by atoms with Crippen molar-refractivity contribution in [2.24, 2.45) is 23.5 Å². The van der Waals surface area contributed by atoms with Gasteiger partial charge in [0.05, 0.1) is 11.4 Å². The van der Waals surface area contributed by atoms with Crippen LogP contribution in [0.3, 0.4) is 0 Å². The fraction of sp³-hybridized carbons (Fsp3) is 0.333. The van der Waals surface area contributed by atoms with Gasteiger partial charge in [0.2, 0.25) is 11.9 Å². The van der Waals surface area contributed by atoms with Crippen molar-refractivity contribution in [1.29, 1.82) is 0 Å². The number of rotatable bonds is 10. The Morgan fingerprint density at radius 3 is 1.51 bits per heavy atom. The highest BCUT2D eigenvalue weighted by Gasteiger charge is 2.26. The van der Waals surface area contributed by atoms with E-state index in [1.54, 1.807) is 95.2 Å². The number of halogens is 4. The fourth-order valence-electron chi connectivity index (χ4n) is 8.19. The maximum Gasteiger partial charge on any atom is 0.255 e. The largest absolute Gasteiger partial charge is 0.328 e. The molecule has 4 atom stereocenters. The molecule has 2 N–H and O–H groups in total. The van der Waals surface area contributed by atoms with Crippen LogP contribution in [-0.4, -0.2) is 68.4 Å². The minimum atomic E-state index is -0.599. The van der Waals surface area contributed by atoms with Gasteiger partial charge >= 0.3 is 0 Å². The lowest BCUT2D eigenvalue weighted by Crippen LogP contribution is -2.16. The summed E-state index contributed by atoms with van der Waals surface area (Å²) in [6, 6.07) is 20.2. The molecule has 0 bridgehead atoms. The lowest BCUT2D eigenvalue weighted by Gasteiger charge is -2.12. The van der Waals surface area contributed by atoms with Crippen molar-refractivity contribution in [1.82, 2.24) is 44.0 Å². The Morgan fingerprint density at radius 2 is 1.09 bits per heavy atom. The normalized spacial score (nSPS) is 16.6. The van der Waals surface area contributed by atoms with Crippen LogP contribution in [-0.2, 0) is 24.1 Å². The first-order valence-corrected chi connectivity index (χ1v) is 27.0. The number of nitrogens with two attached hydrogens (primary N) is 1. The molecule has 13 nitrogen and oxygen atoms in total. The number of carbonyl (C=O) groups excluding carboxylic acids is 1. The molecule has 0 radical (unpaired) electrons. The maximum absolute atomic E-state index is 12.8. The third-order valence-electron chi connectivity index (χ3n) is 11.8. The van der Waals surface area contributed by atoms with Crippen LogP contribution < -0.4 is 16.9 Å². The average molecular weight is 1210 g/mol. The predicted octanol–water partition coefficient (Wildman–Crippen LogP) is 12.4. The Labute approximate surface area is 474 Å². The third kappa shape index (κ3) is 22.8. The van der Waals surface area contributed by atoms with Gasteiger partial charge in [0.25, 0.3) is 11.1 Å². The van der Waals surface area contributed by atoms with E-state index in [-0.39, 0.29) is 51.6 Å². The number of nitrogens with zero attached hydrogens (tertiary/aromatic N) is 9. The molecule has 3 aliphatic carbocycles. The molecule has 0 spiro atoms. The molecule has 7 heterocycles. The van der Waals surface area contributed by atoms with E-state index in [0.29, 0.717) is 35.9 Å². The van der Waals surface area contributed by atoms with E-state index in [2.05, 4.69) is 34.9 Å². The van der Waals surface area contributed by atoms with Gasteiger partial charge in [-0.3, -0.25) is 28.5 Å². The van der Waals surface area contributed by atoms with E-state index in [4.69, 9.17) is 5.73 Å². The molecule has 3 aliphatic rings. The van der Waals surface area contributed by atoms with Crippen LogP contribution in [0.2, 0.25) is 0 Å². The van der Waals surface area contributed by atoms with Crippen LogP contribution in [0.25, 0.3) is 11.4 Å². The van der Waals surface area contributed by atoms with Crippen molar-refractivity contribution in [3.63, 3.8) is 0 Å². The fourth-order valence-corrected chi connectivity index (χ4v) is 9.24. The number of hydrogen-bond donors (Lipinski definition) is 1. The predicted molar refractivity (Wildman–Crippen MR) is 317 cm³/mol. The summed E-state index contributed by atoms with van der Waals surface area (Å²) in [5.41, 5.74) is 8.08. The molecular weight excluding hydrogens is 1140 g/mol. The van der Waals surface area contributed by atoms with Crippen LogP contribution in [0.15, 0.2) is 172 Å². The number of allylic oxidation sites excluding steroid dienone is 4. The summed E-state index contributed by atoms with van der Waals surface area (Å²) >= 11 is 5.37. The molecule has 0 aliphatic heterocycles. The van der Waals surface area contributed by atoms with Gasteiger partial charge < -0.3 is 5.73 Å². The first kappa shape index (κ1) is 66.3. The zero-order valence-corrected chi connectivity index (χ0v) is 45.1. The Hall–Kier alpha value is -5.80. The molecule has 0 aromatic carbocycles. The Kier molecular flexibility index (Phi) is 31.0. The summed E-state index contributed by atoms with van der Waals surface area (Å²) in [7, 11) is 0. The van der Waals surface area contributed by atoms with Gasteiger partial charge in [0.15, 0.2) is 5.78 Å². The molecule has 2 saturated carbocycles. The number of aromatic nitrogens is 9. The molecule has 10 rings (SSSR count). The van der Waals surface area contributed by atoms with Gasteiger partial charge in [-0.05, 0) is 140 Å². The van der Waals surface area contributed by atoms with Crippen molar-refractivity contribution >= 4 is 64.3 Å². The van der Waals surface area contributed by atoms with Gasteiger partial charge in [-0.1, -0.05) is 52.6 Å². The zero-order chi connectivity index (χ0) is 51.1. The Balaban J connectivity index is 0.000000351. The molecule has 0 amide bonds. The minimum Gasteiger partial charge on any atom is -0.328 e. The van der Waals surface area contributed by atoms with Crippen molar-refractivity contribution in [3.8, 4) is 11.4 Å². The summed E-state index contributed by atoms with van der Waals surface area (Å²) in [5, 5.41) is 0. The Bertz CT molecular complexity index is 2970. The highest BCUT2D eigenvalue weighted by Crippen LogP contribution is 2.35. The summed E-state index contributed by atoms with van der Waals surface area (Å²) in [5.74, 6) is 3.06. The number of thioether (sulfide) groups is 2. The molecule has 406 valence electrons. The van der Waals surface area contributed by atoms with Gasteiger partial charge in [-0.25, -0.2) is 29.9 Å². The zero-order valence-electron chi connectivity index (χ0n) is 40.5. The maximum atomic E-state index is 12.8.